The molecule has 0 radical (unpaired) electrons. The standard InChI is InChI=1S/C14H27BrO2/c1-4-7-8-16-9-10-17-13-11-12(15)14(13,5-2)6-3/h12-13H,4-11H2,1-3H3. The average molecular weight is 307 g/mol. The fourth-order valence-electron chi connectivity index (χ4n) is 2.68. The van der Waals surface area contributed by atoms with E-state index < -0.39 is 0 Å². The van der Waals surface area contributed by atoms with Crippen LogP contribution >= 0.6 is 15.9 Å². The molecule has 1 aliphatic carbocycles. The smallest absolute Gasteiger partial charge is 0.0704 e. The molecule has 1 fully saturated rings. The molecule has 2 unspecified atom stereocenters. The summed E-state index contributed by atoms with van der Waals surface area (Å²) >= 11 is 3.78. The van der Waals surface area contributed by atoms with Crippen LogP contribution in [0.1, 0.15) is 52.9 Å². The van der Waals surface area contributed by atoms with Gasteiger partial charge in [0.1, 0.15) is 0 Å². The van der Waals surface area contributed by atoms with Gasteiger partial charge in [-0.2, -0.15) is 0 Å². The molecule has 102 valence electrons. The van der Waals surface area contributed by atoms with Crippen LogP contribution in [0, 0.1) is 5.41 Å². The van der Waals surface area contributed by atoms with Crippen LogP contribution in [0.25, 0.3) is 0 Å². The summed E-state index contributed by atoms with van der Waals surface area (Å²) in [7, 11) is 0. The molecule has 0 aromatic heterocycles. The fraction of sp³-hybridized carbons (Fsp3) is 1.00. The Bertz CT molecular complexity index is 204. The lowest BCUT2D eigenvalue weighted by Gasteiger charge is -2.53. The third-order valence-electron chi connectivity index (χ3n) is 4.19. The highest BCUT2D eigenvalue weighted by Crippen LogP contribution is 2.52. The van der Waals surface area contributed by atoms with E-state index in [0.717, 1.165) is 32.7 Å². The molecule has 0 saturated heterocycles. The molecule has 0 heterocycles. The number of unbranched alkanes of at least 4 members (excludes halogenated alkanes) is 1. The summed E-state index contributed by atoms with van der Waals surface area (Å²) in [5, 5.41) is 0. The Balaban J connectivity index is 2.15. The number of ether oxygens (including phenoxy) is 2. The second-order valence-corrected chi connectivity index (χ2v) is 6.07. The Morgan fingerprint density at radius 1 is 1.12 bits per heavy atom. The minimum absolute atomic E-state index is 0.365. The topological polar surface area (TPSA) is 18.5 Å². The van der Waals surface area contributed by atoms with Crippen LogP contribution in [0.2, 0.25) is 0 Å². The molecular weight excluding hydrogens is 280 g/mol. The molecule has 0 aliphatic heterocycles. The fourth-order valence-corrected chi connectivity index (χ4v) is 3.96. The van der Waals surface area contributed by atoms with Crippen molar-refractivity contribution in [2.75, 3.05) is 19.8 Å². The van der Waals surface area contributed by atoms with Crippen molar-refractivity contribution < 1.29 is 9.47 Å². The zero-order valence-electron chi connectivity index (χ0n) is 11.5. The van der Waals surface area contributed by atoms with Gasteiger partial charge in [0.05, 0.1) is 19.3 Å². The van der Waals surface area contributed by atoms with Gasteiger partial charge in [0, 0.05) is 16.8 Å². The molecule has 1 saturated carbocycles. The maximum absolute atomic E-state index is 5.97. The van der Waals surface area contributed by atoms with Crippen molar-refractivity contribution in [2.24, 2.45) is 5.41 Å². The molecule has 3 heteroatoms. The molecule has 0 N–H and O–H groups in total. The Labute approximate surface area is 115 Å². The van der Waals surface area contributed by atoms with Gasteiger partial charge in [0.15, 0.2) is 0 Å². The first-order valence-corrected chi connectivity index (χ1v) is 7.96. The van der Waals surface area contributed by atoms with Crippen LogP contribution in [0.5, 0.6) is 0 Å². The van der Waals surface area contributed by atoms with Gasteiger partial charge in [-0.25, -0.2) is 0 Å². The van der Waals surface area contributed by atoms with Crippen molar-refractivity contribution in [2.45, 2.75) is 63.8 Å². The number of hydrogen-bond donors (Lipinski definition) is 0. The molecule has 0 spiro atoms. The third-order valence-corrected chi connectivity index (χ3v) is 5.48. The van der Waals surface area contributed by atoms with Crippen LogP contribution < -0.4 is 0 Å². The van der Waals surface area contributed by atoms with Crippen LogP contribution in [0.15, 0.2) is 0 Å². The molecule has 1 rings (SSSR count). The van der Waals surface area contributed by atoms with Gasteiger partial charge in [0.2, 0.25) is 0 Å². The SMILES string of the molecule is CCCCOCCOC1CC(Br)C1(CC)CC. The second-order valence-electron chi connectivity index (χ2n) is 4.97. The Kier molecular flexibility index (Phi) is 7.05. The van der Waals surface area contributed by atoms with Crippen molar-refractivity contribution in [3.63, 3.8) is 0 Å². The van der Waals surface area contributed by atoms with E-state index in [1.54, 1.807) is 0 Å². The van der Waals surface area contributed by atoms with Crippen LogP contribution in [-0.2, 0) is 9.47 Å². The predicted octanol–water partition coefficient (Wildman–Crippen LogP) is 4.16. The van der Waals surface area contributed by atoms with Gasteiger partial charge in [-0.15, -0.1) is 0 Å². The molecule has 2 atom stereocenters. The first-order chi connectivity index (χ1) is 8.21. The molecule has 0 amide bonds. The number of halogens is 1. The zero-order chi connectivity index (χ0) is 12.7. The average Bonchev–Trinajstić information content (AvgIpc) is 2.34. The van der Waals surface area contributed by atoms with E-state index >= 15 is 0 Å². The van der Waals surface area contributed by atoms with Crippen molar-refractivity contribution in [1.82, 2.24) is 0 Å². The third kappa shape index (κ3) is 3.68. The quantitative estimate of drug-likeness (QED) is 0.470. The summed E-state index contributed by atoms with van der Waals surface area (Å²) in [5.41, 5.74) is 0.365. The molecule has 1 aliphatic rings. The lowest BCUT2D eigenvalue weighted by atomic mass is 9.62. The van der Waals surface area contributed by atoms with E-state index in [0.29, 0.717) is 16.3 Å². The van der Waals surface area contributed by atoms with E-state index in [4.69, 9.17) is 9.47 Å². The molecule has 0 aromatic carbocycles. The van der Waals surface area contributed by atoms with Gasteiger partial charge in [-0.05, 0) is 25.7 Å². The summed E-state index contributed by atoms with van der Waals surface area (Å²) in [4.78, 5) is 0.635. The van der Waals surface area contributed by atoms with E-state index in [2.05, 4.69) is 36.7 Å². The number of hydrogen-bond acceptors (Lipinski definition) is 2. The van der Waals surface area contributed by atoms with Gasteiger partial charge in [-0.1, -0.05) is 43.1 Å². The Morgan fingerprint density at radius 3 is 2.35 bits per heavy atom. The van der Waals surface area contributed by atoms with Gasteiger partial charge in [0.25, 0.3) is 0 Å². The summed E-state index contributed by atoms with van der Waals surface area (Å²) in [6.07, 6.45) is 6.32. The molecule has 2 nitrogen and oxygen atoms in total. The minimum Gasteiger partial charge on any atom is -0.379 e. The highest BCUT2D eigenvalue weighted by atomic mass is 79.9. The molecule has 0 aromatic rings. The van der Waals surface area contributed by atoms with Crippen LogP contribution in [-0.4, -0.2) is 30.8 Å². The van der Waals surface area contributed by atoms with E-state index in [1.807, 2.05) is 0 Å². The first-order valence-electron chi connectivity index (χ1n) is 7.04. The molecule has 17 heavy (non-hydrogen) atoms. The van der Waals surface area contributed by atoms with Crippen molar-refractivity contribution >= 4 is 15.9 Å². The highest BCUT2D eigenvalue weighted by Gasteiger charge is 2.51. The first kappa shape index (κ1) is 15.5. The van der Waals surface area contributed by atoms with Crippen molar-refractivity contribution in [3.8, 4) is 0 Å². The van der Waals surface area contributed by atoms with Gasteiger partial charge >= 0.3 is 0 Å². The maximum Gasteiger partial charge on any atom is 0.0704 e. The van der Waals surface area contributed by atoms with Crippen LogP contribution in [0.3, 0.4) is 0 Å². The van der Waals surface area contributed by atoms with E-state index in [-0.39, 0.29) is 0 Å². The van der Waals surface area contributed by atoms with E-state index in [1.165, 1.54) is 19.3 Å². The predicted molar refractivity (Wildman–Crippen MR) is 75.8 cm³/mol. The molecular formula is C14H27BrO2. The maximum atomic E-state index is 5.97. The number of alkyl halides is 1. The van der Waals surface area contributed by atoms with E-state index in [9.17, 15) is 0 Å². The highest BCUT2D eigenvalue weighted by molar-refractivity contribution is 9.09. The summed E-state index contributed by atoms with van der Waals surface area (Å²) in [6.45, 7) is 9.08. The van der Waals surface area contributed by atoms with Gasteiger partial charge in [-0.3, -0.25) is 0 Å². The second kappa shape index (κ2) is 7.75. The Hall–Kier alpha value is 0.400. The van der Waals surface area contributed by atoms with Crippen molar-refractivity contribution in [3.05, 3.63) is 0 Å². The number of rotatable bonds is 9. The Morgan fingerprint density at radius 2 is 1.82 bits per heavy atom. The normalized spacial score (nSPS) is 26.8. The van der Waals surface area contributed by atoms with Crippen molar-refractivity contribution in [1.29, 1.82) is 0 Å². The summed E-state index contributed by atoms with van der Waals surface area (Å²) in [6, 6.07) is 0. The summed E-state index contributed by atoms with van der Waals surface area (Å²) in [5.74, 6) is 0. The summed E-state index contributed by atoms with van der Waals surface area (Å²) < 4.78 is 11.5. The lowest BCUT2D eigenvalue weighted by Crippen LogP contribution is -2.55. The molecule has 0 bridgehead atoms. The monoisotopic (exact) mass is 306 g/mol. The lowest BCUT2D eigenvalue weighted by molar-refractivity contribution is -0.118. The van der Waals surface area contributed by atoms with Gasteiger partial charge < -0.3 is 9.47 Å². The van der Waals surface area contributed by atoms with Crippen LogP contribution in [0.4, 0.5) is 0 Å². The zero-order valence-corrected chi connectivity index (χ0v) is 13.1. The largest absolute Gasteiger partial charge is 0.379 e. The minimum atomic E-state index is 0.365.